The molecule has 2 amide bonds. The van der Waals surface area contributed by atoms with Gasteiger partial charge >= 0.3 is 0 Å². The quantitative estimate of drug-likeness (QED) is 0.409. The first-order valence-corrected chi connectivity index (χ1v) is 13.8. The van der Waals surface area contributed by atoms with E-state index in [1.54, 1.807) is 64.1 Å². The molecule has 3 rings (SSSR count). The molecule has 0 aliphatic heterocycles. The Bertz CT molecular complexity index is 1390. The molecule has 0 saturated carbocycles. The van der Waals surface area contributed by atoms with Gasteiger partial charge in [-0.2, -0.15) is 0 Å². The third-order valence-electron chi connectivity index (χ3n) is 6.35. The Balaban J connectivity index is 2.08. The summed E-state index contributed by atoms with van der Waals surface area (Å²) < 4.78 is 43.3. The monoisotopic (exact) mass is 539 g/mol. The van der Waals surface area contributed by atoms with Crippen molar-refractivity contribution in [2.24, 2.45) is 0 Å². The molecular formula is C29H34FN3O4S. The normalized spacial score (nSPS) is 12.2. The third kappa shape index (κ3) is 6.58. The number of hydrogen-bond acceptors (Lipinski definition) is 4. The summed E-state index contributed by atoms with van der Waals surface area (Å²) in [6.07, 6.45) is 0. The van der Waals surface area contributed by atoms with Gasteiger partial charge in [-0.05, 0) is 70.0 Å². The van der Waals surface area contributed by atoms with E-state index in [9.17, 15) is 22.4 Å². The number of anilines is 1. The van der Waals surface area contributed by atoms with Gasteiger partial charge in [0, 0.05) is 18.2 Å². The fourth-order valence-corrected chi connectivity index (χ4v) is 5.53. The second-order valence-corrected chi connectivity index (χ2v) is 11.4. The number of carbonyl (C=O) groups is 2. The van der Waals surface area contributed by atoms with Crippen LogP contribution < -0.4 is 9.62 Å². The lowest BCUT2D eigenvalue weighted by Crippen LogP contribution is -2.52. The molecule has 202 valence electrons. The van der Waals surface area contributed by atoms with E-state index in [4.69, 9.17) is 0 Å². The van der Waals surface area contributed by atoms with Gasteiger partial charge in [0.2, 0.25) is 11.8 Å². The van der Waals surface area contributed by atoms with Crippen molar-refractivity contribution < 1.29 is 22.4 Å². The van der Waals surface area contributed by atoms with Gasteiger partial charge in [-0.15, -0.1) is 0 Å². The summed E-state index contributed by atoms with van der Waals surface area (Å²) >= 11 is 0. The zero-order valence-electron chi connectivity index (χ0n) is 22.3. The number of amides is 2. The number of carbonyl (C=O) groups excluding carboxylic acids is 2. The van der Waals surface area contributed by atoms with E-state index in [0.29, 0.717) is 11.3 Å². The summed E-state index contributed by atoms with van der Waals surface area (Å²) in [7, 11) is -4.16. The first-order chi connectivity index (χ1) is 17.9. The maximum absolute atomic E-state index is 14.6. The van der Waals surface area contributed by atoms with Crippen LogP contribution in [0, 0.1) is 19.7 Å². The number of rotatable bonds is 10. The standard InChI is InChI=1S/C29H34FN3O4S/c1-20(2)31-29(35)23(5)32(18-24-13-9-10-16-26(24)30)28(34)19-33(27-17-11-12-21(3)22(27)4)38(36,37)25-14-7-6-8-15-25/h6-17,20,23H,18-19H2,1-5H3,(H,31,35). The van der Waals surface area contributed by atoms with Crippen molar-refractivity contribution in [2.45, 2.75) is 58.1 Å². The van der Waals surface area contributed by atoms with E-state index in [0.717, 1.165) is 9.87 Å². The van der Waals surface area contributed by atoms with Crippen molar-refractivity contribution in [1.29, 1.82) is 0 Å². The van der Waals surface area contributed by atoms with Gasteiger partial charge in [0.1, 0.15) is 18.4 Å². The molecule has 1 unspecified atom stereocenters. The minimum absolute atomic E-state index is 0.0277. The van der Waals surface area contributed by atoms with Crippen LogP contribution >= 0.6 is 0 Å². The molecule has 0 bridgehead atoms. The van der Waals surface area contributed by atoms with Gasteiger partial charge in [-0.25, -0.2) is 12.8 Å². The van der Waals surface area contributed by atoms with Gasteiger partial charge in [-0.1, -0.05) is 48.5 Å². The number of benzene rings is 3. The highest BCUT2D eigenvalue weighted by molar-refractivity contribution is 7.92. The molecule has 38 heavy (non-hydrogen) atoms. The lowest BCUT2D eigenvalue weighted by molar-refractivity contribution is -0.139. The minimum atomic E-state index is -4.16. The largest absolute Gasteiger partial charge is 0.352 e. The molecule has 0 fully saturated rings. The van der Waals surface area contributed by atoms with Crippen LogP contribution in [-0.4, -0.2) is 43.8 Å². The molecule has 1 N–H and O–H groups in total. The summed E-state index contributed by atoms with van der Waals surface area (Å²) in [4.78, 5) is 28.0. The molecule has 0 aromatic heterocycles. The highest BCUT2D eigenvalue weighted by atomic mass is 32.2. The molecule has 3 aromatic carbocycles. The lowest BCUT2D eigenvalue weighted by atomic mass is 10.1. The van der Waals surface area contributed by atoms with Crippen molar-refractivity contribution in [3.63, 3.8) is 0 Å². The van der Waals surface area contributed by atoms with Crippen LogP contribution in [0.1, 0.15) is 37.5 Å². The molecule has 9 heteroatoms. The zero-order chi connectivity index (χ0) is 28.0. The van der Waals surface area contributed by atoms with Gasteiger partial charge in [0.15, 0.2) is 0 Å². The number of halogens is 1. The van der Waals surface area contributed by atoms with Gasteiger partial charge in [0.05, 0.1) is 10.6 Å². The Labute approximate surface area is 224 Å². The smallest absolute Gasteiger partial charge is 0.264 e. The van der Waals surface area contributed by atoms with Crippen molar-refractivity contribution in [3.05, 3.63) is 95.3 Å². The number of aryl methyl sites for hydroxylation is 1. The van der Waals surface area contributed by atoms with Crippen LogP contribution in [-0.2, 0) is 26.2 Å². The summed E-state index contributed by atoms with van der Waals surface area (Å²) in [6.45, 7) is 8.00. The molecule has 1 atom stereocenters. The number of sulfonamides is 1. The van der Waals surface area contributed by atoms with E-state index in [-0.39, 0.29) is 23.0 Å². The summed E-state index contributed by atoms with van der Waals surface area (Å²) in [5.74, 6) is -1.58. The van der Waals surface area contributed by atoms with Crippen LogP contribution in [0.25, 0.3) is 0 Å². The highest BCUT2D eigenvalue weighted by Crippen LogP contribution is 2.29. The van der Waals surface area contributed by atoms with E-state index in [1.165, 1.54) is 35.2 Å². The van der Waals surface area contributed by atoms with Crippen LogP contribution in [0.2, 0.25) is 0 Å². The van der Waals surface area contributed by atoms with Gasteiger partial charge < -0.3 is 10.2 Å². The molecule has 0 heterocycles. The molecule has 3 aromatic rings. The predicted octanol–water partition coefficient (Wildman–Crippen LogP) is 4.58. The van der Waals surface area contributed by atoms with E-state index in [1.807, 2.05) is 13.0 Å². The first kappa shape index (κ1) is 28.8. The number of nitrogens with one attached hydrogen (secondary N) is 1. The lowest BCUT2D eigenvalue weighted by Gasteiger charge is -2.33. The average molecular weight is 540 g/mol. The second-order valence-electron chi connectivity index (χ2n) is 9.50. The van der Waals surface area contributed by atoms with E-state index in [2.05, 4.69) is 5.32 Å². The summed E-state index contributed by atoms with van der Waals surface area (Å²) in [5.41, 5.74) is 2.13. The molecule has 0 aliphatic rings. The fraction of sp³-hybridized carbons (Fsp3) is 0.310. The second kappa shape index (κ2) is 12.2. The fourth-order valence-electron chi connectivity index (χ4n) is 4.04. The summed E-state index contributed by atoms with van der Waals surface area (Å²) in [6, 6.07) is 17.9. The van der Waals surface area contributed by atoms with Crippen LogP contribution in [0.3, 0.4) is 0 Å². The van der Waals surface area contributed by atoms with Gasteiger partial charge in [0.25, 0.3) is 10.0 Å². The van der Waals surface area contributed by atoms with Crippen LogP contribution in [0.5, 0.6) is 0 Å². The number of nitrogens with zero attached hydrogens (tertiary/aromatic N) is 2. The Morgan fingerprint density at radius 1 is 0.895 bits per heavy atom. The van der Waals surface area contributed by atoms with E-state index < -0.39 is 40.2 Å². The van der Waals surface area contributed by atoms with Crippen LogP contribution in [0.15, 0.2) is 77.7 Å². The molecule has 7 nitrogen and oxygen atoms in total. The van der Waals surface area contributed by atoms with E-state index >= 15 is 0 Å². The molecule has 0 saturated heterocycles. The topological polar surface area (TPSA) is 86.8 Å². The Morgan fingerprint density at radius 3 is 2.16 bits per heavy atom. The molecule has 0 aliphatic carbocycles. The molecular weight excluding hydrogens is 505 g/mol. The van der Waals surface area contributed by atoms with Crippen molar-refractivity contribution in [2.75, 3.05) is 10.8 Å². The molecule has 0 spiro atoms. The predicted molar refractivity (Wildman–Crippen MR) is 147 cm³/mol. The first-order valence-electron chi connectivity index (χ1n) is 12.4. The van der Waals surface area contributed by atoms with Crippen molar-refractivity contribution >= 4 is 27.5 Å². The average Bonchev–Trinajstić information content (AvgIpc) is 2.88. The Hall–Kier alpha value is -3.72. The molecule has 0 radical (unpaired) electrons. The maximum Gasteiger partial charge on any atom is 0.264 e. The van der Waals surface area contributed by atoms with Crippen LogP contribution in [0.4, 0.5) is 10.1 Å². The summed E-state index contributed by atoms with van der Waals surface area (Å²) in [5, 5.41) is 2.78. The number of hydrogen-bond donors (Lipinski definition) is 1. The van der Waals surface area contributed by atoms with Crippen molar-refractivity contribution in [3.8, 4) is 0 Å². The van der Waals surface area contributed by atoms with Crippen molar-refractivity contribution in [1.82, 2.24) is 10.2 Å². The van der Waals surface area contributed by atoms with Gasteiger partial charge in [-0.3, -0.25) is 13.9 Å². The zero-order valence-corrected chi connectivity index (χ0v) is 23.1. The minimum Gasteiger partial charge on any atom is -0.352 e. The third-order valence-corrected chi connectivity index (χ3v) is 8.13. The highest BCUT2D eigenvalue weighted by Gasteiger charge is 2.33. The maximum atomic E-state index is 14.6. The Kier molecular flexibility index (Phi) is 9.27. The SMILES string of the molecule is Cc1cccc(N(CC(=O)N(Cc2ccccc2F)C(C)C(=O)NC(C)C)S(=O)(=O)c2ccccc2)c1C. The Morgan fingerprint density at radius 2 is 1.53 bits per heavy atom.